The number of carbonyl (C=O) groups excluding carboxylic acids is 1. The zero-order chi connectivity index (χ0) is 14.5. The highest BCUT2D eigenvalue weighted by Gasteiger charge is 2.26. The maximum Gasteiger partial charge on any atom is 0.163 e. The molecule has 0 saturated carbocycles. The average molecular weight is 293 g/mol. The van der Waals surface area contributed by atoms with Crippen LogP contribution < -0.4 is 14.4 Å². The predicted octanol–water partition coefficient (Wildman–Crippen LogP) is 3.46. The summed E-state index contributed by atoms with van der Waals surface area (Å²) in [7, 11) is 0. The van der Waals surface area contributed by atoms with Crippen LogP contribution in [0, 0.1) is 0 Å². The van der Waals surface area contributed by atoms with Gasteiger partial charge < -0.3 is 14.4 Å². The number of hydrogen-bond donors (Lipinski definition) is 0. The van der Waals surface area contributed by atoms with Gasteiger partial charge in [-0.2, -0.15) is 0 Å². The molecular weight excluding hydrogens is 274 g/mol. The number of anilines is 1. The molecule has 0 saturated heterocycles. The second-order valence-electron chi connectivity index (χ2n) is 4.12. The normalized spacial score (nSPS) is 15.3. The van der Waals surface area contributed by atoms with E-state index in [2.05, 4.69) is 11.8 Å². The molecule has 0 aromatic heterocycles. The first-order chi connectivity index (χ1) is 9.74. The van der Waals surface area contributed by atoms with Gasteiger partial charge in [0, 0.05) is 29.6 Å². The summed E-state index contributed by atoms with van der Waals surface area (Å²) >= 11 is 1.58. The zero-order valence-corrected chi connectivity index (χ0v) is 12.8. The lowest BCUT2D eigenvalue weighted by Gasteiger charge is -2.19. The van der Waals surface area contributed by atoms with E-state index in [9.17, 15) is 4.79 Å². The lowest BCUT2D eigenvalue weighted by molar-refractivity contribution is -0.104. The number of aldehydes is 1. The molecule has 0 aliphatic carbocycles. The highest BCUT2D eigenvalue weighted by atomic mass is 32.2. The maximum absolute atomic E-state index is 10.7. The number of nitrogens with zero attached hydrogens (tertiary/aromatic N) is 1. The number of allylic oxidation sites excluding steroid dienone is 1. The summed E-state index contributed by atoms with van der Waals surface area (Å²) < 4.78 is 11.3. The van der Waals surface area contributed by atoms with Crippen molar-refractivity contribution < 1.29 is 14.3 Å². The first-order valence-electron chi connectivity index (χ1n) is 6.79. The molecule has 20 heavy (non-hydrogen) atoms. The van der Waals surface area contributed by atoms with E-state index in [1.54, 1.807) is 17.8 Å². The molecule has 0 radical (unpaired) electrons. The van der Waals surface area contributed by atoms with Crippen molar-refractivity contribution in [3.05, 3.63) is 23.2 Å². The summed E-state index contributed by atoms with van der Waals surface area (Å²) in [6.45, 7) is 7.96. The van der Waals surface area contributed by atoms with Crippen LogP contribution in [0.2, 0.25) is 0 Å². The molecule has 1 aromatic rings. The van der Waals surface area contributed by atoms with Gasteiger partial charge in [0.15, 0.2) is 11.5 Å². The van der Waals surface area contributed by atoms with Crippen LogP contribution in [-0.2, 0) is 4.79 Å². The van der Waals surface area contributed by atoms with E-state index in [0.29, 0.717) is 13.2 Å². The second kappa shape index (κ2) is 6.70. The fourth-order valence-corrected chi connectivity index (χ4v) is 3.28. The van der Waals surface area contributed by atoms with Crippen molar-refractivity contribution in [2.45, 2.75) is 25.7 Å². The topological polar surface area (TPSA) is 38.8 Å². The molecule has 4 nitrogen and oxygen atoms in total. The molecular formula is C15H19NO3S. The number of ether oxygens (including phenoxy) is 2. The minimum absolute atomic E-state index is 0.592. The van der Waals surface area contributed by atoms with Crippen LogP contribution in [0.25, 0.3) is 0 Å². The van der Waals surface area contributed by atoms with Crippen LogP contribution in [0.4, 0.5) is 5.69 Å². The summed E-state index contributed by atoms with van der Waals surface area (Å²) in [5.74, 6) is 1.50. The van der Waals surface area contributed by atoms with Crippen LogP contribution in [0.5, 0.6) is 11.5 Å². The number of thioether (sulfide) groups is 1. The summed E-state index contributed by atoms with van der Waals surface area (Å²) in [6.07, 6.45) is 2.42. The molecule has 0 fully saturated rings. The Bertz CT molecular complexity index is 528. The van der Waals surface area contributed by atoms with Crippen molar-refractivity contribution in [1.29, 1.82) is 0 Å². The quantitative estimate of drug-likeness (QED) is 0.593. The van der Waals surface area contributed by atoms with Crippen LogP contribution in [-0.4, -0.2) is 26.0 Å². The average Bonchev–Trinajstić information content (AvgIpc) is 2.76. The fraction of sp³-hybridized carbons (Fsp3) is 0.400. The Morgan fingerprint density at radius 2 is 1.80 bits per heavy atom. The molecule has 0 N–H and O–H groups in total. The molecule has 2 rings (SSSR count). The van der Waals surface area contributed by atoms with Gasteiger partial charge in [-0.1, -0.05) is 11.8 Å². The first kappa shape index (κ1) is 14.8. The van der Waals surface area contributed by atoms with Crippen LogP contribution in [0.15, 0.2) is 28.1 Å². The molecule has 1 aliphatic rings. The molecule has 1 heterocycles. The highest BCUT2D eigenvalue weighted by molar-refractivity contribution is 8.03. The number of carbonyl (C=O) groups is 1. The molecule has 1 aromatic carbocycles. The Morgan fingerprint density at radius 1 is 1.15 bits per heavy atom. The van der Waals surface area contributed by atoms with Gasteiger partial charge in [-0.3, -0.25) is 4.79 Å². The maximum atomic E-state index is 10.7. The number of benzene rings is 1. The molecule has 0 bridgehead atoms. The molecule has 1 aliphatic heterocycles. The van der Waals surface area contributed by atoms with Crippen LogP contribution in [0.1, 0.15) is 20.8 Å². The van der Waals surface area contributed by atoms with E-state index in [1.807, 2.05) is 26.0 Å². The van der Waals surface area contributed by atoms with Crippen molar-refractivity contribution in [2.24, 2.45) is 0 Å². The number of hydrogen-bond acceptors (Lipinski definition) is 5. The van der Waals surface area contributed by atoms with Gasteiger partial charge >= 0.3 is 0 Å². The lowest BCUT2D eigenvalue weighted by atomic mass is 10.2. The predicted molar refractivity (Wildman–Crippen MR) is 81.8 cm³/mol. The summed E-state index contributed by atoms with van der Waals surface area (Å²) in [5, 5.41) is 0.939. The molecule has 0 spiro atoms. The number of rotatable bonds is 6. The van der Waals surface area contributed by atoms with Crippen molar-refractivity contribution in [1.82, 2.24) is 0 Å². The summed E-state index contributed by atoms with van der Waals surface area (Å²) in [5.41, 5.74) is 1.07. The third-order valence-electron chi connectivity index (χ3n) is 2.92. The van der Waals surface area contributed by atoms with Gasteiger partial charge in [0.25, 0.3) is 0 Å². The molecule has 0 amide bonds. The summed E-state index contributed by atoms with van der Waals surface area (Å²) in [6, 6.07) is 3.98. The van der Waals surface area contributed by atoms with Crippen molar-refractivity contribution in [2.75, 3.05) is 24.7 Å². The third kappa shape index (κ3) is 2.77. The van der Waals surface area contributed by atoms with Gasteiger partial charge in [0.1, 0.15) is 6.29 Å². The monoisotopic (exact) mass is 293 g/mol. The minimum Gasteiger partial charge on any atom is -0.490 e. The van der Waals surface area contributed by atoms with E-state index >= 15 is 0 Å². The van der Waals surface area contributed by atoms with E-state index in [4.69, 9.17) is 9.47 Å². The Morgan fingerprint density at radius 3 is 2.35 bits per heavy atom. The first-order valence-corrected chi connectivity index (χ1v) is 7.61. The Hall–Kier alpha value is -1.62. The molecule has 0 unspecified atom stereocenters. The van der Waals surface area contributed by atoms with Gasteiger partial charge in [0.2, 0.25) is 0 Å². The summed E-state index contributed by atoms with van der Waals surface area (Å²) in [4.78, 5) is 13.9. The minimum atomic E-state index is 0.592. The van der Waals surface area contributed by atoms with Gasteiger partial charge in [-0.25, -0.2) is 0 Å². The highest BCUT2D eigenvalue weighted by Crippen LogP contribution is 2.50. The van der Waals surface area contributed by atoms with E-state index in [-0.39, 0.29) is 0 Å². The Labute approximate surface area is 123 Å². The van der Waals surface area contributed by atoms with Crippen LogP contribution >= 0.6 is 11.8 Å². The largest absolute Gasteiger partial charge is 0.490 e. The van der Waals surface area contributed by atoms with E-state index in [0.717, 1.165) is 39.9 Å². The van der Waals surface area contributed by atoms with Crippen molar-refractivity contribution >= 4 is 23.7 Å². The Kier molecular flexibility index (Phi) is 4.95. The van der Waals surface area contributed by atoms with Crippen LogP contribution in [0.3, 0.4) is 0 Å². The molecule has 0 atom stereocenters. The third-order valence-corrected chi connectivity index (χ3v) is 4.04. The lowest BCUT2D eigenvalue weighted by Crippen LogP contribution is -2.16. The van der Waals surface area contributed by atoms with E-state index in [1.165, 1.54) is 0 Å². The van der Waals surface area contributed by atoms with Gasteiger partial charge in [-0.05, 0) is 20.8 Å². The second-order valence-corrected chi connectivity index (χ2v) is 5.18. The fourth-order valence-electron chi connectivity index (χ4n) is 2.15. The van der Waals surface area contributed by atoms with Gasteiger partial charge in [-0.15, -0.1) is 0 Å². The smallest absolute Gasteiger partial charge is 0.163 e. The van der Waals surface area contributed by atoms with Gasteiger partial charge in [0.05, 0.1) is 23.9 Å². The SMILES string of the molecule is CCOc1cc2c(cc1OCC)N(CC)C(=CC=O)S2. The van der Waals surface area contributed by atoms with Crippen molar-refractivity contribution in [3.8, 4) is 11.5 Å². The van der Waals surface area contributed by atoms with E-state index < -0.39 is 0 Å². The Balaban J connectivity index is 2.45. The molecule has 108 valence electrons. The molecule has 5 heteroatoms. The van der Waals surface area contributed by atoms with Crippen molar-refractivity contribution in [3.63, 3.8) is 0 Å². The standard InChI is InChI=1S/C15H19NO3S/c1-4-16-11-9-12(18-5-2)13(19-6-3)10-14(11)20-15(16)7-8-17/h7-10H,4-6H2,1-3H3. The number of fused-ring (bicyclic) bond motifs is 1. The zero-order valence-electron chi connectivity index (χ0n) is 12.0.